The van der Waals surface area contributed by atoms with Crippen molar-refractivity contribution in [3.05, 3.63) is 78.4 Å². The van der Waals surface area contributed by atoms with Gasteiger partial charge >= 0.3 is 0 Å². The van der Waals surface area contributed by atoms with Gasteiger partial charge in [0.05, 0.1) is 23.3 Å². The Morgan fingerprint density at radius 2 is 1.74 bits per heavy atom. The van der Waals surface area contributed by atoms with Crippen molar-refractivity contribution in [1.82, 2.24) is 14.1 Å². The van der Waals surface area contributed by atoms with Crippen LogP contribution in [0.1, 0.15) is 18.4 Å². The number of halogens is 1. The molecule has 9 heteroatoms. The first-order valence-corrected chi connectivity index (χ1v) is 11.5. The largest absolute Gasteiger partial charge is 0.323 e. The molecule has 1 N–H and O–H groups in total. The molecule has 0 spiro atoms. The fraction of sp³-hybridized carbons (Fsp3) is 0.273. The Balaban J connectivity index is 1.33. The number of rotatable bonds is 6. The predicted octanol–water partition coefficient (Wildman–Crippen LogP) is 3.11. The molecular weight excluding hydrogens is 419 g/mol. The molecule has 1 aromatic heterocycles. The maximum atomic E-state index is 13.8. The van der Waals surface area contributed by atoms with Gasteiger partial charge in [-0.3, -0.25) is 9.48 Å². The van der Waals surface area contributed by atoms with Gasteiger partial charge in [-0.25, -0.2) is 12.8 Å². The number of aromatic nitrogens is 2. The number of piperidine rings is 1. The van der Waals surface area contributed by atoms with E-state index in [4.69, 9.17) is 0 Å². The molecular formula is C22H23FN4O3S. The van der Waals surface area contributed by atoms with Crippen LogP contribution in [0.3, 0.4) is 0 Å². The molecule has 0 unspecified atom stereocenters. The molecule has 1 fully saturated rings. The van der Waals surface area contributed by atoms with Crippen LogP contribution in [0, 0.1) is 11.7 Å². The van der Waals surface area contributed by atoms with Crippen molar-refractivity contribution >= 4 is 21.6 Å². The molecule has 0 atom stereocenters. The van der Waals surface area contributed by atoms with E-state index in [2.05, 4.69) is 10.4 Å². The van der Waals surface area contributed by atoms with E-state index in [0.29, 0.717) is 37.2 Å². The minimum Gasteiger partial charge on any atom is -0.323 e. The van der Waals surface area contributed by atoms with Gasteiger partial charge in [-0.15, -0.1) is 0 Å². The first-order chi connectivity index (χ1) is 14.9. The highest BCUT2D eigenvalue weighted by Gasteiger charge is 2.32. The van der Waals surface area contributed by atoms with Gasteiger partial charge in [-0.2, -0.15) is 9.40 Å². The van der Waals surface area contributed by atoms with E-state index in [1.165, 1.54) is 16.6 Å². The number of sulfonamides is 1. The van der Waals surface area contributed by atoms with Crippen LogP contribution < -0.4 is 5.32 Å². The summed E-state index contributed by atoms with van der Waals surface area (Å²) in [6.07, 6.45) is 4.07. The lowest BCUT2D eigenvalue weighted by atomic mass is 9.97. The van der Waals surface area contributed by atoms with Gasteiger partial charge in [0.1, 0.15) is 5.82 Å². The number of nitrogens with zero attached hydrogens (tertiary/aromatic N) is 3. The Kier molecular flexibility index (Phi) is 6.15. The van der Waals surface area contributed by atoms with Gasteiger partial charge in [-0.05, 0) is 31.0 Å². The number of amides is 1. The van der Waals surface area contributed by atoms with Crippen LogP contribution in [0.5, 0.6) is 0 Å². The standard InChI is InChI=1S/C22H23FN4O3S/c23-21-9-5-4-6-18(21)15-26-16-19(14-24-26)25-22(28)17-10-12-27(13-11-17)31(29,30)20-7-2-1-3-8-20/h1-9,14,16-17H,10-13,15H2,(H,25,28). The number of carbonyl (C=O) groups is 1. The van der Waals surface area contributed by atoms with Crippen molar-refractivity contribution in [2.75, 3.05) is 18.4 Å². The number of carbonyl (C=O) groups excluding carboxylic acids is 1. The second-order valence-electron chi connectivity index (χ2n) is 7.50. The normalized spacial score (nSPS) is 15.6. The zero-order chi connectivity index (χ0) is 21.8. The van der Waals surface area contributed by atoms with Gasteiger partial charge in [0.25, 0.3) is 0 Å². The van der Waals surface area contributed by atoms with Gasteiger partial charge < -0.3 is 5.32 Å². The van der Waals surface area contributed by atoms with Gasteiger partial charge in [-0.1, -0.05) is 36.4 Å². The summed E-state index contributed by atoms with van der Waals surface area (Å²) < 4.78 is 42.2. The van der Waals surface area contributed by atoms with Crippen LogP contribution in [-0.2, 0) is 21.4 Å². The fourth-order valence-electron chi connectivity index (χ4n) is 3.66. The Morgan fingerprint density at radius 1 is 1.06 bits per heavy atom. The van der Waals surface area contributed by atoms with E-state index in [9.17, 15) is 17.6 Å². The average Bonchev–Trinajstić information content (AvgIpc) is 3.23. The third kappa shape index (κ3) is 4.83. The summed E-state index contributed by atoms with van der Waals surface area (Å²) in [6, 6.07) is 14.8. The lowest BCUT2D eigenvalue weighted by Gasteiger charge is -2.30. The van der Waals surface area contributed by atoms with Crippen LogP contribution in [-0.4, -0.2) is 41.5 Å². The van der Waals surface area contributed by atoms with Crippen molar-refractivity contribution in [3.63, 3.8) is 0 Å². The Hall–Kier alpha value is -3.04. The minimum absolute atomic E-state index is 0.165. The lowest BCUT2D eigenvalue weighted by Crippen LogP contribution is -2.41. The minimum atomic E-state index is -3.54. The van der Waals surface area contributed by atoms with E-state index in [1.807, 2.05) is 0 Å². The topological polar surface area (TPSA) is 84.3 Å². The second kappa shape index (κ2) is 8.99. The number of hydrogen-bond acceptors (Lipinski definition) is 4. The van der Waals surface area contributed by atoms with E-state index in [1.54, 1.807) is 59.4 Å². The van der Waals surface area contributed by atoms with E-state index < -0.39 is 10.0 Å². The molecule has 162 valence electrons. The average molecular weight is 443 g/mol. The molecule has 2 aromatic carbocycles. The third-order valence-corrected chi connectivity index (χ3v) is 7.31. The van der Waals surface area contributed by atoms with Crippen LogP contribution in [0.25, 0.3) is 0 Å². The predicted molar refractivity (Wildman–Crippen MR) is 114 cm³/mol. The molecule has 2 heterocycles. The summed E-state index contributed by atoms with van der Waals surface area (Å²) in [5.41, 5.74) is 1.04. The molecule has 1 amide bonds. The smallest absolute Gasteiger partial charge is 0.243 e. The maximum Gasteiger partial charge on any atom is 0.243 e. The Morgan fingerprint density at radius 3 is 2.45 bits per heavy atom. The van der Waals surface area contributed by atoms with Gasteiger partial charge in [0.2, 0.25) is 15.9 Å². The number of nitrogens with one attached hydrogen (secondary N) is 1. The Bertz CT molecular complexity index is 1160. The fourth-order valence-corrected chi connectivity index (χ4v) is 5.15. The SMILES string of the molecule is O=C(Nc1cnn(Cc2ccccc2F)c1)C1CCN(S(=O)(=O)c2ccccc2)CC1. The molecule has 1 aliphatic heterocycles. The highest BCUT2D eigenvalue weighted by atomic mass is 32.2. The molecule has 1 aliphatic rings. The van der Waals surface area contributed by atoms with Crippen LogP contribution in [0.2, 0.25) is 0 Å². The Labute approximate surface area is 180 Å². The summed E-state index contributed by atoms with van der Waals surface area (Å²) in [4.78, 5) is 12.9. The van der Waals surface area contributed by atoms with E-state index in [-0.39, 0.29) is 29.1 Å². The van der Waals surface area contributed by atoms with E-state index in [0.717, 1.165) is 0 Å². The zero-order valence-corrected chi connectivity index (χ0v) is 17.6. The molecule has 0 bridgehead atoms. The summed E-state index contributed by atoms with van der Waals surface area (Å²) in [6.45, 7) is 0.849. The third-order valence-electron chi connectivity index (χ3n) is 5.40. The van der Waals surface area contributed by atoms with Crippen molar-refractivity contribution in [1.29, 1.82) is 0 Å². The molecule has 31 heavy (non-hydrogen) atoms. The first kappa shape index (κ1) is 21.2. The zero-order valence-electron chi connectivity index (χ0n) is 16.8. The molecule has 3 aromatic rings. The van der Waals surface area contributed by atoms with Gasteiger partial charge in [0, 0.05) is 30.8 Å². The highest BCUT2D eigenvalue weighted by molar-refractivity contribution is 7.89. The monoisotopic (exact) mass is 442 g/mol. The molecule has 4 rings (SSSR count). The summed E-state index contributed by atoms with van der Waals surface area (Å²) in [5, 5.41) is 7.01. The van der Waals surface area contributed by atoms with Crippen LogP contribution >= 0.6 is 0 Å². The van der Waals surface area contributed by atoms with Crippen molar-refractivity contribution < 1.29 is 17.6 Å². The molecule has 7 nitrogen and oxygen atoms in total. The summed E-state index contributed by atoms with van der Waals surface area (Å²) >= 11 is 0. The molecule has 1 saturated heterocycles. The van der Waals surface area contributed by atoms with Gasteiger partial charge in [0.15, 0.2) is 0 Å². The lowest BCUT2D eigenvalue weighted by molar-refractivity contribution is -0.120. The van der Waals surface area contributed by atoms with Crippen molar-refractivity contribution in [3.8, 4) is 0 Å². The second-order valence-corrected chi connectivity index (χ2v) is 9.44. The molecule has 0 saturated carbocycles. The number of anilines is 1. The maximum absolute atomic E-state index is 13.8. The number of hydrogen-bond donors (Lipinski definition) is 1. The summed E-state index contributed by atoms with van der Waals surface area (Å²) in [5.74, 6) is -0.750. The van der Waals surface area contributed by atoms with Crippen LogP contribution in [0.15, 0.2) is 71.9 Å². The van der Waals surface area contributed by atoms with Crippen molar-refractivity contribution in [2.45, 2.75) is 24.3 Å². The van der Waals surface area contributed by atoms with E-state index >= 15 is 0 Å². The van der Waals surface area contributed by atoms with Crippen molar-refractivity contribution in [2.24, 2.45) is 5.92 Å². The first-order valence-electron chi connectivity index (χ1n) is 10.1. The molecule has 0 radical (unpaired) electrons. The van der Waals surface area contributed by atoms with Crippen LogP contribution in [0.4, 0.5) is 10.1 Å². The number of benzene rings is 2. The molecule has 0 aliphatic carbocycles. The highest BCUT2D eigenvalue weighted by Crippen LogP contribution is 2.25. The quantitative estimate of drug-likeness (QED) is 0.636. The summed E-state index contributed by atoms with van der Waals surface area (Å²) in [7, 11) is -3.54.